The van der Waals surface area contributed by atoms with Crippen molar-refractivity contribution >= 4 is 51.9 Å². The van der Waals surface area contributed by atoms with Crippen molar-refractivity contribution in [1.29, 1.82) is 0 Å². The molecule has 0 unspecified atom stereocenters. The Hall–Kier alpha value is -6.43. The molecule has 0 spiro atoms. The number of phenolic OH excluding ortho intramolecular Hbond substituents is 3. The fourth-order valence-electron chi connectivity index (χ4n) is 7.73. The molecule has 3 aliphatic rings. The third-order valence-electron chi connectivity index (χ3n) is 11.6. The van der Waals surface area contributed by atoms with Crippen LogP contribution in [0.2, 0.25) is 0 Å². The largest absolute Gasteiger partial charge is 0.507 e. The highest BCUT2D eigenvalue weighted by Gasteiger charge is 2.50. The second kappa shape index (κ2) is 18.7. The lowest BCUT2D eigenvalue weighted by atomic mass is 9.78. The highest BCUT2D eigenvalue weighted by Crippen LogP contribution is 2.55. The molecule has 2 amide bonds. The highest BCUT2D eigenvalue weighted by atomic mass is 16.7. The molecule has 0 saturated carbocycles. The number of aliphatic hydroxyl groups is 2. The molecule has 3 aliphatic heterocycles. The number of hydrogen-bond acceptors (Lipinski definition) is 15. The summed E-state index contributed by atoms with van der Waals surface area (Å²) in [6, 6.07) is 5.93. The number of anilines is 2. The van der Waals surface area contributed by atoms with Crippen LogP contribution in [-0.4, -0.2) is 92.6 Å². The summed E-state index contributed by atoms with van der Waals surface area (Å²) < 4.78 is 23.5. The van der Waals surface area contributed by atoms with Gasteiger partial charge in [0.1, 0.15) is 23.4 Å². The van der Waals surface area contributed by atoms with Crippen molar-refractivity contribution in [3.8, 4) is 23.0 Å². The minimum absolute atomic E-state index is 0.0151. The number of ketones is 1. The summed E-state index contributed by atoms with van der Waals surface area (Å²) in [7, 11) is 1.41. The minimum Gasteiger partial charge on any atom is -0.507 e. The molecule has 6 rings (SSSR count). The molecule has 0 fully saturated rings. The van der Waals surface area contributed by atoms with Gasteiger partial charge in [-0.3, -0.25) is 19.2 Å². The van der Waals surface area contributed by atoms with Crippen molar-refractivity contribution in [3.05, 3.63) is 82.7 Å². The van der Waals surface area contributed by atoms with Crippen molar-refractivity contribution in [2.45, 2.75) is 85.6 Å². The monoisotopic (exact) mass is 858 g/mol. The number of hydrogen-bond donors (Lipinski definition) is 8. The Morgan fingerprint density at radius 3 is 2.23 bits per heavy atom. The predicted molar refractivity (Wildman–Crippen MR) is 230 cm³/mol. The Labute approximate surface area is 358 Å². The maximum absolute atomic E-state index is 14.4. The van der Waals surface area contributed by atoms with Gasteiger partial charge in [-0.15, -0.1) is 0 Å². The van der Waals surface area contributed by atoms with E-state index in [9.17, 15) is 44.7 Å². The summed E-state index contributed by atoms with van der Waals surface area (Å²) in [6.07, 6.45) is 4.11. The van der Waals surface area contributed by atoms with Crippen LogP contribution >= 0.6 is 0 Å². The third kappa shape index (κ3) is 9.10. The van der Waals surface area contributed by atoms with E-state index in [1.165, 1.54) is 77.3 Å². The van der Waals surface area contributed by atoms with E-state index in [-0.39, 0.29) is 39.0 Å². The molecule has 62 heavy (non-hydrogen) atoms. The Bertz CT molecular complexity index is 2370. The Morgan fingerprint density at radius 2 is 1.60 bits per heavy atom. The molecule has 3 aromatic rings. The summed E-state index contributed by atoms with van der Waals surface area (Å²) in [6.45, 7) is 12.2. The van der Waals surface area contributed by atoms with Crippen LogP contribution in [0.1, 0.15) is 80.3 Å². The Kier molecular flexibility index (Phi) is 14.0. The molecule has 9 N–H and O–H groups in total. The number of nitrogen functional groups attached to an aromatic ring is 1. The van der Waals surface area contributed by atoms with Crippen molar-refractivity contribution in [1.82, 2.24) is 5.43 Å². The number of methoxy groups -OCH3 is 1. The molecule has 9 atom stereocenters. The maximum atomic E-state index is 14.4. The lowest BCUT2D eigenvalue weighted by molar-refractivity contribution is -0.160. The van der Waals surface area contributed by atoms with Crippen LogP contribution in [-0.2, 0) is 23.8 Å². The van der Waals surface area contributed by atoms with Crippen LogP contribution < -0.4 is 21.2 Å². The first-order chi connectivity index (χ1) is 29.1. The second-order valence-corrected chi connectivity index (χ2v) is 15.9. The molecule has 0 aliphatic carbocycles. The van der Waals surface area contributed by atoms with Gasteiger partial charge < -0.3 is 55.5 Å². The SMILES string of the molecule is CO[C@@H]1C=CO[C@@]2(C)Oc3c(C)c(O)c4c(O)c(c(C=NNC(=O)c5ccc(N)cc5)c(O)c4c3C2=O)NC(=O)C(C)=CC=C[C@H](C)[C@H](O)[C@H](C)[C@H](O)[C@H](C)[C@@H](OC(C)=O)[C@H]1C. The summed E-state index contributed by atoms with van der Waals surface area (Å²) in [4.78, 5) is 53.4. The van der Waals surface area contributed by atoms with Crippen molar-refractivity contribution in [2.75, 3.05) is 18.2 Å². The standard InChI is InChI=1S/C45H54N4O13/c1-20-11-10-12-21(2)43(57)48-34-29(19-47-49-44(58)27-13-15-28(46)16-14-27)38(54)31-32(39(34)55)37(53)25(6)41-33(31)42(56)45(8,62-41)60-18-17-30(59-9)22(3)40(61-26(7)50)24(5)36(52)23(4)35(20)51/h10-20,22-24,30,35-36,40,51-55H,46H2,1-9H3,(H,48,57)(H,49,58)/t20-,22-,23-,24-,30+,35-,36-,40-,45-/m0/s1. The van der Waals surface area contributed by atoms with E-state index < -0.39 is 106 Å². The minimum atomic E-state index is -2.12. The lowest BCUT2D eigenvalue weighted by Gasteiger charge is -2.38. The number of nitrogens with zero attached hydrogens (tertiary/aromatic N) is 1. The zero-order valence-electron chi connectivity index (χ0n) is 35.9. The van der Waals surface area contributed by atoms with Gasteiger partial charge in [-0.1, -0.05) is 45.9 Å². The molecule has 17 heteroatoms. The molecule has 0 saturated heterocycles. The number of nitrogens with two attached hydrogens (primary N) is 1. The topological polar surface area (TPSA) is 269 Å². The quantitative estimate of drug-likeness (QED) is 0.0415. The molecular weight excluding hydrogens is 805 g/mol. The van der Waals surface area contributed by atoms with Gasteiger partial charge in [0.05, 0.1) is 53.0 Å². The van der Waals surface area contributed by atoms with E-state index >= 15 is 0 Å². The number of allylic oxidation sites excluding steroid dienone is 2. The fraction of sp³-hybridized carbons (Fsp3) is 0.400. The normalized spacial score (nSPS) is 27.2. The number of carbonyl (C=O) groups is 4. The summed E-state index contributed by atoms with van der Waals surface area (Å²) >= 11 is 0. The molecule has 0 aromatic heterocycles. The number of rotatable bonds is 5. The van der Waals surface area contributed by atoms with E-state index in [2.05, 4.69) is 15.8 Å². The first-order valence-electron chi connectivity index (χ1n) is 19.9. The van der Waals surface area contributed by atoms with Crippen LogP contribution in [0.4, 0.5) is 11.4 Å². The third-order valence-corrected chi connectivity index (χ3v) is 11.6. The summed E-state index contributed by atoms with van der Waals surface area (Å²) in [5.74, 6) is -9.93. The van der Waals surface area contributed by atoms with Gasteiger partial charge in [0.25, 0.3) is 17.6 Å². The number of nitrogens with one attached hydrogen (secondary N) is 2. The fourth-order valence-corrected chi connectivity index (χ4v) is 7.73. The smallest absolute Gasteiger partial charge is 0.312 e. The zero-order chi connectivity index (χ0) is 46.0. The maximum Gasteiger partial charge on any atom is 0.312 e. The van der Waals surface area contributed by atoms with Crippen LogP contribution in [0, 0.1) is 30.6 Å². The van der Waals surface area contributed by atoms with Gasteiger partial charge in [-0.2, -0.15) is 5.10 Å². The van der Waals surface area contributed by atoms with E-state index in [1.807, 2.05) is 0 Å². The molecule has 3 heterocycles. The number of esters is 1. The first kappa shape index (κ1) is 46.6. The number of carbonyl (C=O) groups excluding carboxylic acids is 4. The average Bonchev–Trinajstić information content (AvgIpc) is 3.50. The van der Waals surface area contributed by atoms with Crippen molar-refractivity contribution in [2.24, 2.45) is 28.8 Å². The van der Waals surface area contributed by atoms with Crippen molar-refractivity contribution in [3.63, 3.8) is 0 Å². The molecule has 17 nitrogen and oxygen atoms in total. The predicted octanol–water partition coefficient (Wildman–Crippen LogP) is 5.10. The van der Waals surface area contributed by atoms with Gasteiger partial charge in [-0.05, 0) is 44.2 Å². The van der Waals surface area contributed by atoms with E-state index in [1.54, 1.807) is 33.8 Å². The molecule has 3 aromatic carbocycles. The van der Waals surface area contributed by atoms with Crippen LogP contribution in [0.5, 0.6) is 23.0 Å². The number of benzene rings is 3. The van der Waals surface area contributed by atoms with Gasteiger partial charge >= 0.3 is 11.8 Å². The summed E-state index contributed by atoms with van der Waals surface area (Å²) in [5.41, 5.74) is 7.63. The van der Waals surface area contributed by atoms with E-state index in [4.69, 9.17) is 24.7 Å². The summed E-state index contributed by atoms with van der Waals surface area (Å²) in [5, 5.41) is 64.0. The number of hydrazone groups is 1. The van der Waals surface area contributed by atoms with Crippen molar-refractivity contribution < 1.29 is 63.7 Å². The molecule has 0 radical (unpaired) electrons. The molecule has 5 bridgehead atoms. The van der Waals surface area contributed by atoms with Gasteiger partial charge in [-0.25, -0.2) is 5.43 Å². The lowest BCUT2D eigenvalue weighted by Crippen LogP contribution is -2.46. The number of fused-ring (bicyclic) bond motifs is 14. The van der Waals surface area contributed by atoms with Crippen LogP contribution in [0.25, 0.3) is 10.8 Å². The van der Waals surface area contributed by atoms with Crippen LogP contribution in [0.3, 0.4) is 0 Å². The van der Waals surface area contributed by atoms with Gasteiger partial charge in [0.15, 0.2) is 5.75 Å². The van der Waals surface area contributed by atoms with Crippen LogP contribution in [0.15, 0.2) is 65.5 Å². The first-order valence-corrected chi connectivity index (χ1v) is 19.9. The zero-order valence-corrected chi connectivity index (χ0v) is 35.9. The number of Topliss-reactive ketones (excluding diaryl/α,β-unsaturated/α-hetero) is 1. The average molecular weight is 859 g/mol. The Morgan fingerprint density at radius 1 is 0.935 bits per heavy atom. The molecule has 332 valence electrons. The number of amides is 2. The highest BCUT2D eigenvalue weighted by molar-refractivity contribution is 6.24. The van der Waals surface area contributed by atoms with E-state index in [0.29, 0.717) is 5.69 Å². The van der Waals surface area contributed by atoms with E-state index in [0.717, 1.165) is 12.5 Å². The van der Waals surface area contributed by atoms with Gasteiger partial charge in [0, 0.05) is 72.4 Å². The number of phenols is 3. The number of ether oxygens (including phenoxy) is 4. The molecular formula is C45H54N4O13. The Balaban J connectivity index is 1.70. The van der Waals surface area contributed by atoms with Gasteiger partial charge in [0.2, 0.25) is 0 Å². The number of aromatic hydroxyl groups is 3. The second-order valence-electron chi connectivity index (χ2n) is 15.9. The number of aliphatic hydroxyl groups excluding tert-OH is 2.